The summed E-state index contributed by atoms with van der Waals surface area (Å²) < 4.78 is 2.02. The summed E-state index contributed by atoms with van der Waals surface area (Å²) in [5, 5.41) is 9.93. The third kappa shape index (κ3) is 1.06. The van der Waals surface area contributed by atoms with Crippen molar-refractivity contribution >= 4 is 11.8 Å². The molecule has 0 amide bonds. The number of hydrogen-bond donors (Lipinski definition) is 1. The van der Waals surface area contributed by atoms with Gasteiger partial charge in [-0.2, -0.15) is 0 Å². The summed E-state index contributed by atoms with van der Waals surface area (Å²) in [6.45, 7) is 1.99. The monoisotopic (exact) mass is 196 g/mol. The van der Waals surface area contributed by atoms with Gasteiger partial charge in [-0.3, -0.25) is 0 Å². The zero-order chi connectivity index (χ0) is 8.84. The summed E-state index contributed by atoms with van der Waals surface area (Å²) in [6, 6.07) is 0.632. The molecule has 5 heteroatoms. The van der Waals surface area contributed by atoms with E-state index in [1.807, 2.05) is 23.4 Å². The Morgan fingerprint density at radius 1 is 1.46 bits per heavy atom. The van der Waals surface area contributed by atoms with E-state index in [0.717, 1.165) is 16.2 Å². The number of thioether (sulfide) groups is 1. The quantitative estimate of drug-likeness (QED) is 0.676. The lowest BCUT2D eigenvalue weighted by Gasteiger charge is -2.27. The predicted octanol–water partition coefficient (Wildman–Crippen LogP) is 1.16. The number of aromatic nitrogens is 3. The summed E-state index contributed by atoms with van der Waals surface area (Å²) in [6.07, 6.45) is 3.94. The van der Waals surface area contributed by atoms with E-state index in [9.17, 15) is 0 Å². The van der Waals surface area contributed by atoms with E-state index in [1.165, 1.54) is 19.3 Å². The molecular weight excluding hydrogens is 184 g/mol. The van der Waals surface area contributed by atoms with Gasteiger partial charge >= 0.3 is 0 Å². The van der Waals surface area contributed by atoms with Gasteiger partial charge in [0, 0.05) is 5.25 Å². The Labute approximate surface area is 81.1 Å². The van der Waals surface area contributed by atoms with Gasteiger partial charge in [-0.15, -0.1) is 10.2 Å². The summed E-state index contributed by atoms with van der Waals surface area (Å²) >= 11 is 1.88. The van der Waals surface area contributed by atoms with Crippen LogP contribution in [0.2, 0.25) is 0 Å². The van der Waals surface area contributed by atoms with E-state index in [0.29, 0.717) is 6.04 Å². The number of fused-ring (bicyclic) bond motifs is 2. The molecule has 1 aromatic rings. The van der Waals surface area contributed by atoms with Crippen LogP contribution in [0.4, 0.5) is 0 Å². The normalized spacial score (nSPS) is 30.8. The van der Waals surface area contributed by atoms with Crippen molar-refractivity contribution in [2.45, 2.75) is 42.6 Å². The molecule has 70 valence electrons. The van der Waals surface area contributed by atoms with Gasteiger partial charge in [0.2, 0.25) is 5.16 Å². The van der Waals surface area contributed by atoms with Crippen molar-refractivity contribution in [2.24, 2.45) is 0 Å². The van der Waals surface area contributed by atoms with Crippen LogP contribution in [0.3, 0.4) is 0 Å². The molecule has 0 saturated heterocycles. The fraction of sp³-hybridized carbons (Fsp3) is 0.750. The van der Waals surface area contributed by atoms with Crippen LogP contribution in [0.15, 0.2) is 5.16 Å². The van der Waals surface area contributed by atoms with Crippen molar-refractivity contribution in [2.75, 3.05) is 5.43 Å². The second-order valence-electron chi connectivity index (χ2n) is 3.69. The van der Waals surface area contributed by atoms with E-state index >= 15 is 0 Å². The first kappa shape index (κ1) is 7.67. The van der Waals surface area contributed by atoms with Gasteiger partial charge in [-0.05, 0) is 19.8 Å². The first-order chi connectivity index (χ1) is 6.34. The maximum Gasteiger partial charge on any atom is 0.210 e. The zero-order valence-electron chi connectivity index (χ0n) is 7.53. The molecule has 0 spiro atoms. The van der Waals surface area contributed by atoms with Crippen molar-refractivity contribution in [3.05, 3.63) is 5.82 Å². The molecular formula is C8H12N4S. The number of hydrogen-bond acceptors (Lipinski definition) is 4. The topological polar surface area (TPSA) is 42.7 Å². The van der Waals surface area contributed by atoms with Gasteiger partial charge < -0.3 is 5.43 Å². The first-order valence-electron chi connectivity index (χ1n) is 4.70. The predicted molar refractivity (Wildman–Crippen MR) is 51.4 cm³/mol. The molecule has 1 fully saturated rings. The number of nitrogens with one attached hydrogen (secondary N) is 1. The molecule has 4 nitrogen and oxygen atoms in total. The van der Waals surface area contributed by atoms with E-state index in [4.69, 9.17) is 0 Å². The van der Waals surface area contributed by atoms with Crippen LogP contribution in [0.5, 0.6) is 0 Å². The minimum Gasteiger partial charge on any atom is -0.318 e. The van der Waals surface area contributed by atoms with E-state index < -0.39 is 0 Å². The van der Waals surface area contributed by atoms with Crippen molar-refractivity contribution in [3.8, 4) is 0 Å². The highest BCUT2D eigenvalue weighted by molar-refractivity contribution is 7.99. The van der Waals surface area contributed by atoms with Crippen LogP contribution in [0.1, 0.15) is 25.1 Å². The average Bonchev–Trinajstić information content (AvgIpc) is 2.70. The summed E-state index contributed by atoms with van der Waals surface area (Å²) in [5.41, 5.74) is 3.48. The number of nitrogens with zero attached hydrogens (tertiary/aromatic N) is 3. The highest BCUT2D eigenvalue weighted by atomic mass is 32.2. The minimum atomic E-state index is 0.632. The van der Waals surface area contributed by atoms with Crippen LogP contribution < -0.4 is 5.43 Å². The van der Waals surface area contributed by atoms with Crippen LogP contribution in [-0.2, 0) is 0 Å². The van der Waals surface area contributed by atoms with Crippen LogP contribution in [-0.4, -0.2) is 26.2 Å². The number of rotatable bonds is 0. The van der Waals surface area contributed by atoms with Crippen LogP contribution in [0, 0.1) is 6.92 Å². The highest BCUT2D eigenvalue weighted by Gasteiger charge is 2.34. The van der Waals surface area contributed by atoms with E-state index in [2.05, 4.69) is 15.6 Å². The third-order valence-corrected chi connectivity index (χ3v) is 4.14. The fourth-order valence-corrected chi connectivity index (χ4v) is 3.38. The average molecular weight is 196 g/mol. The van der Waals surface area contributed by atoms with Crippen molar-refractivity contribution < 1.29 is 0 Å². The zero-order valence-corrected chi connectivity index (χ0v) is 8.34. The Bertz CT molecular complexity index is 335. The van der Waals surface area contributed by atoms with Gasteiger partial charge in [0.1, 0.15) is 5.82 Å². The lowest BCUT2D eigenvalue weighted by molar-refractivity contribution is 0.599. The van der Waals surface area contributed by atoms with Gasteiger partial charge in [-0.25, -0.2) is 4.68 Å². The molecule has 1 aromatic heterocycles. The molecule has 2 aliphatic rings. The summed E-state index contributed by atoms with van der Waals surface area (Å²) in [5.74, 6) is 0.966. The summed E-state index contributed by atoms with van der Waals surface area (Å²) in [4.78, 5) is 0. The standard InChI is InChI=1S/C8H12N4S/c1-5-9-10-8-12(5)11-6-3-2-4-7(6)13-8/h6-7,11H,2-4H2,1H3. The van der Waals surface area contributed by atoms with Crippen LogP contribution >= 0.6 is 11.8 Å². The Hall–Kier alpha value is -0.710. The second kappa shape index (κ2) is 2.64. The maximum atomic E-state index is 4.13. The molecule has 1 aliphatic carbocycles. The minimum absolute atomic E-state index is 0.632. The third-order valence-electron chi connectivity index (χ3n) is 2.80. The van der Waals surface area contributed by atoms with Crippen molar-refractivity contribution in [1.29, 1.82) is 0 Å². The molecule has 13 heavy (non-hydrogen) atoms. The smallest absolute Gasteiger partial charge is 0.210 e. The van der Waals surface area contributed by atoms with Gasteiger partial charge in [0.05, 0.1) is 6.04 Å². The van der Waals surface area contributed by atoms with E-state index in [1.54, 1.807) is 0 Å². The Kier molecular flexibility index (Phi) is 1.56. The molecule has 0 bridgehead atoms. The lowest BCUT2D eigenvalue weighted by Crippen LogP contribution is -2.37. The second-order valence-corrected chi connectivity index (χ2v) is 4.89. The summed E-state index contributed by atoms with van der Waals surface area (Å²) in [7, 11) is 0. The first-order valence-corrected chi connectivity index (χ1v) is 5.58. The molecule has 3 rings (SSSR count). The number of aryl methyl sites for hydroxylation is 1. The van der Waals surface area contributed by atoms with Gasteiger partial charge in [-0.1, -0.05) is 18.2 Å². The van der Waals surface area contributed by atoms with Crippen molar-refractivity contribution in [1.82, 2.24) is 14.9 Å². The molecule has 0 aromatic carbocycles. The molecule has 1 aliphatic heterocycles. The van der Waals surface area contributed by atoms with Gasteiger partial charge in [0.25, 0.3) is 0 Å². The SMILES string of the molecule is Cc1nnc2n1NC1CCCC1S2. The highest BCUT2D eigenvalue weighted by Crippen LogP contribution is 2.37. The Morgan fingerprint density at radius 3 is 3.31 bits per heavy atom. The fourth-order valence-electron chi connectivity index (χ4n) is 2.08. The van der Waals surface area contributed by atoms with Crippen LogP contribution in [0.25, 0.3) is 0 Å². The van der Waals surface area contributed by atoms with Gasteiger partial charge in [0.15, 0.2) is 0 Å². The maximum absolute atomic E-state index is 4.13. The van der Waals surface area contributed by atoms with E-state index in [-0.39, 0.29) is 0 Å². The molecule has 1 N–H and O–H groups in total. The lowest BCUT2D eigenvalue weighted by atomic mass is 10.3. The largest absolute Gasteiger partial charge is 0.318 e. The molecule has 0 radical (unpaired) electrons. The molecule has 2 unspecified atom stereocenters. The van der Waals surface area contributed by atoms with Crippen molar-refractivity contribution in [3.63, 3.8) is 0 Å². The molecule has 2 heterocycles. The Balaban J connectivity index is 1.98. The molecule has 1 saturated carbocycles. The molecule has 2 atom stereocenters. The Morgan fingerprint density at radius 2 is 2.38 bits per heavy atom.